The Morgan fingerprint density at radius 3 is 1.45 bits per heavy atom. The van der Waals surface area contributed by atoms with Crippen LogP contribution in [-0.2, 0) is 44.3 Å². The maximum atomic E-state index is 13.6. The van der Waals surface area contributed by atoms with Crippen molar-refractivity contribution in [1.82, 2.24) is 29.1 Å². The number of hydrogen-bond acceptors (Lipinski definition) is 12. The van der Waals surface area contributed by atoms with Crippen LogP contribution in [0.2, 0.25) is 0 Å². The van der Waals surface area contributed by atoms with Crippen molar-refractivity contribution < 1.29 is 35.8 Å². The minimum absolute atomic E-state index is 0.0294. The van der Waals surface area contributed by atoms with Crippen molar-refractivity contribution in [2.24, 2.45) is 0 Å². The Bertz CT molecular complexity index is 2540. The van der Waals surface area contributed by atoms with E-state index in [2.05, 4.69) is 19.9 Å². The van der Waals surface area contributed by atoms with Gasteiger partial charge in [0, 0.05) is 34.9 Å². The third-order valence-electron chi connectivity index (χ3n) is 7.76. The van der Waals surface area contributed by atoms with Crippen molar-refractivity contribution in [2.45, 2.75) is 70.4 Å². The van der Waals surface area contributed by atoms with E-state index in [-0.39, 0.29) is 53.6 Å². The number of benzene rings is 2. The van der Waals surface area contributed by atoms with Gasteiger partial charge in [0.25, 0.3) is 0 Å². The molecule has 0 atom stereocenters. The lowest BCUT2D eigenvalue weighted by Gasteiger charge is -2.20. The number of aromatic nitrogens is 6. The first-order valence-electron chi connectivity index (χ1n) is 15.8. The van der Waals surface area contributed by atoms with E-state index in [1.54, 1.807) is 55.9 Å². The number of hydrogen-bond donors (Lipinski definition) is 4. The summed E-state index contributed by atoms with van der Waals surface area (Å²) in [5, 5.41) is 21.7. The van der Waals surface area contributed by atoms with Crippen LogP contribution in [0.4, 0.5) is 20.4 Å². The van der Waals surface area contributed by atoms with E-state index in [9.17, 15) is 35.8 Å². The van der Waals surface area contributed by atoms with Crippen molar-refractivity contribution in [3.63, 3.8) is 0 Å². The lowest BCUT2D eigenvalue weighted by Crippen LogP contribution is -2.27. The first-order chi connectivity index (χ1) is 23.4. The van der Waals surface area contributed by atoms with E-state index in [4.69, 9.17) is 11.5 Å². The van der Waals surface area contributed by atoms with E-state index in [0.717, 1.165) is 6.26 Å². The van der Waals surface area contributed by atoms with Gasteiger partial charge in [-0.25, -0.2) is 45.6 Å². The number of sulfone groups is 2. The fraction of sp³-hybridized carbons (Fsp3) is 0.394. The molecular weight excluding hydrogens is 707 g/mol. The first kappa shape index (κ1) is 37.7. The van der Waals surface area contributed by atoms with Gasteiger partial charge in [-0.1, -0.05) is 6.92 Å². The third-order valence-corrected chi connectivity index (χ3v) is 10.1. The van der Waals surface area contributed by atoms with Gasteiger partial charge in [-0.05, 0) is 52.0 Å². The summed E-state index contributed by atoms with van der Waals surface area (Å²) in [6.07, 6.45) is 1.11. The van der Waals surface area contributed by atoms with Gasteiger partial charge in [-0.2, -0.15) is 0 Å². The van der Waals surface area contributed by atoms with Crippen molar-refractivity contribution in [2.75, 3.05) is 23.5 Å². The zero-order valence-corrected chi connectivity index (χ0v) is 30.6. The largest absolute Gasteiger partial charge is 0.389 e. The summed E-state index contributed by atoms with van der Waals surface area (Å²) < 4.78 is 78.2. The standard InChI is InChI=1S/C17H21FN4O3S.C16H19FN4O3S/c1-4-26(24,25)8-13-21-14-15(22(13)9-17(2,3)23)11-6-5-10(18)7-12(11)20-16(14)19;1-16(2,22)8-21-12(7-25(3,23)24)20-13-14(21)10-5-4-9(17)6-11(10)19-15(13)18/h5-7,23H,4,8-9H2,1-3H3,(H2,19,20);4-6,22H,7-8H2,1-3H3,(H2,18,19). The molecule has 14 nitrogen and oxygen atoms in total. The Balaban J connectivity index is 0.000000198. The van der Waals surface area contributed by atoms with Gasteiger partial charge in [0.05, 0.1) is 46.4 Å². The lowest BCUT2D eigenvalue weighted by molar-refractivity contribution is 0.0614. The fourth-order valence-electron chi connectivity index (χ4n) is 5.73. The van der Waals surface area contributed by atoms with Crippen LogP contribution in [0.5, 0.6) is 0 Å². The molecule has 274 valence electrons. The average Bonchev–Trinajstić information content (AvgIpc) is 3.49. The van der Waals surface area contributed by atoms with E-state index in [0.29, 0.717) is 43.9 Å². The van der Waals surface area contributed by atoms with E-state index in [1.807, 2.05) is 0 Å². The molecule has 0 spiro atoms. The van der Waals surface area contributed by atoms with E-state index in [1.165, 1.54) is 24.3 Å². The second-order valence-electron chi connectivity index (χ2n) is 13.8. The second kappa shape index (κ2) is 13.2. The predicted octanol–water partition coefficient (Wildman–Crippen LogP) is 3.63. The van der Waals surface area contributed by atoms with Crippen LogP contribution in [0.1, 0.15) is 46.3 Å². The maximum absolute atomic E-state index is 13.6. The Hall–Kier alpha value is -4.52. The van der Waals surface area contributed by atoms with Crippen molar-refractivity contribution in [3.8, 4) is 0 Å². The molecule has 6 N–H and O–H groups in total. The SMILES string of the molecule is CC(C)(O)Cn1c(CS(C)(=O)=O)nc2c(N)nc3cc(F)ccc3c21.CCS(=O)(=O)Cc1nc2c(N)nc3cc(F)ccc3c2n1CC(C)(C)O. The minimum atomic E-state index is -3.36. The zero-order chi connectivity index (χ0) is 37.8. The second-order valence-corrected chi connectivity index (χ2v) is 18.3. The van der Waals surface area contributed by atoms with Gasteiger partial charge in [0.15, 0.2) is 31.3 Å². The van der Waals surface area contributed by atoms with Crippen LogP contribution < -0.4 is 11.5 Å². The first-order valence-corrected chi connectivity index (χ1v) is 19.6. The number of nitrogen functional groups attached to an aromatic ring is 2. The van der Waals surface area contributed by atoms with Crippen LogP contribution >= 0.6 is 0 Å². The topological polar surface area (TPSA) is 222 Å². The van der Waals surface area contributed by atoms with Gasteiger partial charge in [0.1, 0.15) is 45.8 Å². The molecule has 0 aliphatic heterocycles. The predicted molar refractivity (Wildman–Crippen MR) is 193 cm³/mol. The van der Waals surface area contributed by atoms with Crippen LogP contribution in [0, 0.1) is 11.6 Å². The summed E-state index contributed by atoms with van der Waals surface area (Å²) in [5.41, 5.74) is 12.1. The highest BCUT2D eigenvalue weighted by atomic mass is 32.2. The summed E-state index contributed by atoms with van der Waals surface area (Å²) in [4.78, 5) is 17.1. The van der Waals surface area contributed by atoms with E-state index < -0.39 is 42.5 Å². The summed E-state index contributed by atoms with van der Waals surface area (Å²) in [6, 6.07) is 8.20. The van der Waals surface area contributed by atoms with Gasteiger partial charge in [-0.3, -0.25) is 0 Å². The molecule has 18 heteroatoms. The number of nitrogens with zero attached hydrogens (tertiary/aromatic N) is 6. The Labute approximate surface area is 293 Å². The molecule has 6 aromatic rings. The van der Waals surface area contributed by atoms with Gasteiger partial charge in [-0.15, -0.1) is 0 Å². The Morgan fingerprint density at radius 2 is 1.10 bits per heavy atom. The number of pyridine rings is 2. The molecule has 0 radical (unpaired) electrons. The molecule has 0 fully saturated rings. The van der Waals surface area contributed by atoms with Crippen LogP contribution in [0.3, 0.4) is 0 Å². The molecule has 4 heterocycles. The quantitative estimate of drug-likeness (QED) is 0.167. The number of fused-ring (bicyclic) bond motifs is 6. The van der Waals surface area contributed by atoms with Crippen molar-refractivity contribution in [1.29, 1.82) is 0 Å². The molecule has 0 aliphatic carbocycles. The van der Waals surface area contributed by atoms with Crippen LogP contribution in [0.15, 0.2) is 36.4 Å². The lowest BCUT2D eigenvalue weighted by atomic mass is 10.1. The van der Waals surface area contributed by atoms with Crippen LogP contribution in [0.25, 0.3) is 43.9 Å². The molecule has 0 saturated carbocycles. The molecule has 0 bridgehead atoms. The number of anilines is 2. The highest BCUT2D eigenvalue weighted by Gasteiger charge is 2.26. The smallest absolute Gasteiger partial charge is 0.157 e. The highest BCUT2D eigenvalue weighted by Crippen LogP contribution is 2.32. The molecule has 4 aromatic heterocycles. The fourth-order valence-corrected chi connectivity index (χ4v) is 7.24. The number of halogens is 2. The maximum Gasteiger partial charge on any atom is 0.157 e. The van der Waals surface area contributed by atoms with Gasteiger partial charge < -0.3 is 30.8 Å². The molecular formula is C33H40F2N8O6S2. The van der Waals surface area contributed by atoms with E-state index >= 15 is 0 Å². The number of aliphatic hydroxyl groups is 2. The average molecular weight is 747 g/mol. The molecule has 2 aromatic carbocycles. The normalized spacial score (nSPS) is 13.0. The summed E-state index contributed by atoms with van der Waals surface area (Å²) in [7, 11) is -6.72. The molecule has 0 amide bonds. The van der Waals surface area contributed by atoms with Crippen molar-refractivity contribution >= 4 is 75.2 Å². The Morgan fingerprint density at radius 1 is 0.706 bits per heavy atom. The van der Waals surface area contributed by atoms with Crippen LogP contribution in [-0.4, -0.2) is 79.3 Å². The summed E-state index contributed by atoms with van der Waals surface area (Å²) in [5.74, 6) is -0.830. The third kappa shape index (κ3) is 8.52. The minimum Gasteiger partial charge on any atom is -0.389 e. The summed E-state index contributed by atoms with van der Waals surface area (Å²) >= 11 is 0. The molecule has 0 saturated heterocycles. The molecule has 0 unspecified atom stereocenters. The zero-order valence-electron chi connectivity index (χ0n) is 28.9. The number of rotatable bonds is 9. The summed E-state index contributed by atoms with van der Waals surface area (Å²) in [6.45, 7) is 8.21. The monoisotopic (exact) mass is 746 g/mol. The molecule has 6 rings (SSSR count). The Kier molecular flexibility index (Phi) is 9.78. The number of nitrogens with two attached hydrogens (primary N) is 2. The van der Waals surface area contributed by atoms with Gasteiger partial charge >= 0.3 is 0 Å². The number of imidazole rings is 2. The molecule has 0 aliphatic rings. The highest BCUT2D eigenvalue weighted by molar-refractivity contribution is 7.90. The molecule has 51 heavy (non-hydrogen) atoms. The van der Waals surface area contributed by atoms with Crippen molar-refractivity contribution in [3.05, 3.63) is 59.7 Å². The van der Waals surface area contributed by atoms with Gasteiger partial charge in [0.2, 0.25) is 0 Å².